The molecule has 1 aromatic rings. The molecule has 2 rings (SSSR count). The van der Waals surface area contributed by atoms with Gasteiger partial charge in [-0.1, -0.05) is 6.92 Å². The Morgan fingerprint density at radius 3 is 2.29 bits per heavy atom. The van der Waals surface area contributed by atoms with Gasteiger partial charge in [-0.15, -0.1) is 0 Å². The first-order valence-electron chi connectivity index (χ1n) is 7.26. The summed E-state index contributed by atoms with van der Waals surface area (Å²) in [5.41, 5.74) is 0. The van der Waals surface area contributed by atoms with Crippen LogP contribution in [-0.4, -0.2) is 49.6 Å². The fraction of sp³-hybridized carbons (Fsp3) is 0.500. The van der Waals surface area contributed by atoms with E-state index < -0.39 is 44.4 Å². The van der Waals surface area contributed by atoms with Crippen molar-refractivity contribution < 1.29 is 31.5 Å². The molecule has 1 fully saturated rings. The first-order chi connectivity index (χ1) is 11.1. The van der Waals surface area contributed by atoms with Gasteiger partial charge < -0.3 is 5.11 Å². The van der Waals surface area contributed by atoms with Crippen LogP contribution in [0.5, 0.6) is 0 Å². The average molecular weight is 366 g/mol. The Balaban J connectivity index is 2.04. The van der Waals surface area contributed by atoms with Gasteiger partial charge in [-0.3, -0.25) is 9.69 Å². The van der Waals surface area contributed by atoms with Crippen molar-refractivity contribution in [3.8, 4) is 0 Å². The quantitative estimate of drug-likeness (QED) is 0.760. The number of likely N-dealkylation sites (N-methyl/N-ethyl adjacent to an activating group) is 1. The molecular formula is C14H17F3N2O4S. The molecule has 24 heavy (non-hydrogen) atoms. The average Bonchev–Trinajstić information content (AvgIpc) is 2.38. The standard InChI is InChI=1S/C14H17F3N2O4S/c1-2-19(7-13(20)21)10-5-9(6-10)18-24(22,23)14-11(16)3-8(15)4-12(14)17/h3-4,9-10,18H,2,5-7H2,1H3,(H,20,21). The summed E-state index contributed by atoms with van der Waals surface area (Å²) < 4.78 is 66.4. The van der Waals surface area contributed by atoms with Crippen molar-refractivity contribution in [2.24, 2.45) is 0 Å². The van der Waals surface area contributed by atoms with Crippen molar-refractivity contribution >= 4 is 16.0 Å². The molecule has 0 saturated heterocycles. The van der Waals surface area contributed by atoms with Crippen LogP contribution in [0, 0.1) is 17.5 Å². The smallest absolute Gasteiger partial charge is 0.317 e. The summed E-state index contributed by atoms with van der Waals surface area (Å²) in [5.74, 6) is -5.20. The van der Waals surface area contributed by atoms with Crippen molar-refractivity contribution in [2.75, 3.05) is 13.1 Å². The minimum absolute atomic E-state index is 0.123. The second-order valence-corrected chi connectivity index (χ2v) is 7.25. The van der Waals surface area contributed by atoms with Crippen molar-refractivity contribution in [3.63, 3.8) is 0 Å². The normalized spacial score (nSPS) is 20.9. The van der Waals surface area contributed by atoms with Crippen LogP contribution >= 0.6 is 0 Å². The summed E-state index contributed by atoms with van der Waals surface area (Å²) in [5, 5.41) is 8.80. The van der Waals surface area contributed by atoms with E-state index in [1.54, 1.807) is 11.8 Å². The Morgan fingerprint density at radius 2 is 1.83 bits per heavy atom. The van der Waals surface area contributed by atoms with E-state index in [2.05, 4.69) is 4.72 Å². The lowest BCUT2D eigenvalue weighted by Gasteiger charge is -2.42. The molecule has 0 atom stereocenters. The fourth-order valence-corrected chi connectivity index (χ4v) is 4.10. The molecule has 0 aromatic heterocycles. The van der Waals surface area contributed by atoms with Crippen molar-refractivity contribution in [1.82, 2.24) is 9.62 Å². The van der Waals surface area contributed by atoms with Crippen LogP contribution < -0.4 is 4.72 Å². The number of nitrogens with one attached hydrogen (secondary N) is 1. The van der Waals surface area contributed by atoms with Gasteiger partial charge in [-0.05, 0) is 19.4 Å². The molecule has 1 aliphatic carbocycles. The van der Waals surface area contributed by atoms with Gasteiger partial charge in [0.1, 0.15) is 17.5 Å². The van der Waals surface area contributed by atoms with Gasteiger partial charge in [0.25, 0.3) is 0 Å². The maximum absolute atomic E-state index is 13.6. The summed E-state index contributed by atoms with van der Waals surface area (Å²) >= 11 is 0. The molecule has 10 heteroatoms. The molecule has 1 aromatic carbocycles. The highest BCUT2D eigenvalue weighted by atomic mass is 32.2. The zero-order chi connectivity index (χ0) is 18.1. The highest BCUT2D eigenvalue weighted by Crippen LogP contribution is 2.28. The lowest BCUT2D eigenvalue weighted by molar-refractivity contribution is -0.139. The maximum Gasteiger partial charge on any atom is 0.317 e. The molecule has 0 radical (unpaired) electrons. The van der Waals surface area contributed by atoms with E-state index in [4.69, 9.17) is 5.11 Å². The number of rotatable bonds is 7. The van der Waals surface area contributed by atoms with E-state index in [-0.39, 0.29) is 12.6 Å². The second kappa shape index (κ2) is 7.08. The summed E-state index contributed by atoms with van der Waals surface area (Å²) in [7, 11) is -4.48. The first kappa shape index (κ1) is 18.7. The van der Waals surface area contributed by atoms with Crippen LogP contribution in [0.25, 0.3) is 0 Å². The van der Waals surface area contributed by atoms with Crippen LogP contribution in [0.2, 0.25) is 0 Å². The van der Waals surface area contributed by atoms with Crippen LogP contribution in [-0.2, 0) is 14.8 Å². The molecule has 6 nitrogen and oxygen atoms in total. The largest absolute Gasteiger partial charge is 0.480 e. The molecule has 0 aliphatic heterocycles. The first-order valence-corrected chi connectivity index (χ1v) is 8.75. The SMILES string of the molecule is CCN(CC(=O)O)C1CC(NS(=O)(=O)c2c(F)cc(F)cc2F)C1. The third kappa shape index (κ3) is 4.05. The number of hydrogen-bond acceptors (Lipinski definition) is 4. The number of sulfonamides is 1. The topological polar surface area (TPSA) is 86.7 Å². The van der Waals surface area contributed by atoms with E-state index in [9.17, 15) is 26.4 Å². The number of benzene rings is 1. The van der Waals surface area contributed by atoms with Crippen LogP contribution in [0.15, 0.2) is 17.0 Å². The summed E-state index contributed by atoms with van der Waals surface area (Å²) in [6, 6.07) is -0.0896. The highest BCUT2D eigenvalue weighted by Gasteiger charge is 2.37. The number of carbonyl (C=O) groups is 1. The van der Waals surface area contributed by atoms with E-state index in [0.717, 1.165) is 0 Å². The van der Waals surface area contributed by atoms with E-state index >= 15 is 0 Å². The van der Waals surface area contributed by atoms with Gasteiger partial charge in [0.05, 0.1) is 6.54 Å². The molecule has 1 aliphatic rings. The number of carboxylic acids is 1. The molecule has 0 bridgehead atoms. The molecule has 1 saturated carbocycles. The fourth-order valence-electron chi connectivity index (χ4n) is 2.72. The van der Waals surface area contributed by atoms with Gasteiger partial charge in [-0.2, -0.15) is 0 Å². The summed E-state index contributed by atoms with van der Waals surface area (Å²) in [6.45, 7) is 2.10. The Morgan fingerprint density at radius 1 is 1.29 bits per heavy atom. The minimum Gasteiger partial charge on any atom is -0.480 e. The number of carboxylic acid groups (broad SMARTS) is 1. The molecule has 0 amide bonds. The zero-order valence-electron chi connectivity index (χ0n) is 12.8. The predicted molar refractivity (Wildman–Crippen MR) is 78.3 cm³/mol. The number of halogens is 3. The van der Waals surface area contributed by atoms with Crippen LogP contribution in [0.3, 0.4) is 0 Å². The number of nitrogens with zero attached hydrogens (tertiary/aromatic N) is 1. The monoisotopic (exact) mass is 366 g/mol. The van der Waals surface area contributed by atoms with E-state index in [1.165, 1.54) is 0 Å². The summed E-state index contributed by atoms with van der Waals surface area (Å²) in [6.07, 6.45) is 0.648. The molecular weight excluding hydrogens is 349 g/mol. The Hall–Kier alpha value is -1.65. The molecule has 134 valence electrons. The van der Waals surface area contributed by atoms with E-state index in [0.29, 0.717) is 31.5 Å². The minimum atomic E-state index is -4.48. The predicted octanol–water partition coefficient (Wildman–Crippen LogP) is 1.32. The van der Waals surface area contributed by atoms with E-state index in [1.807, 2.05) is 0 Å². The number of aliphatic carboxylic acids is 1. The van der Waals surface area contributed by atoms with Crippen molar-refractivity contribution in [1.29, 1.82) is 0 Å². The number of hydrogen-bond donors (Lipinski definition) is 2. The van der Waals surface area contributed by atoms with Gasteiger partial charge >= 0.3 is 5.97 Å². The summed E-state index contributed by atoms with van der Waals surface area (Å²) in [4.78, 5) is 11.2. The highest BCUT2D eigenvalue weighted by molar-refractivity contribution is 7.89. The third-order valence-electron chi connectivity index (χ3n) is 3.93. The van der Waals surface area contributed by atoms with Crippen molar-refractivity contribution in [2.45, 2.75) is 36.7 Å². The van der Waals surface area contributed by atoms with Gasteiger partial charge in [0.2, 0.25) is 10.0 Å². The molecule has 0 unspecified atom stereocenters. The van der Waals surface area contributed by atoms with Gasteiger partial charge in [0, 0.05) is 24.2 Å². The van der Waals surface area contributed by atoms with Crippen LogP contribution in [0.1, 0.15) is 19.8 Å². The molecule has 0 spiro atoms. The lowest BCUT2D eigenvalue weighted by atomic mass is 9.86. The second-order valence-electron chi connectivity index (χ2n) is 5.60. The molecule has 0 heterocycles. The Bertz CT molecular complexity index is 713. The third-order valence-corrected chi connectivity index (χ3v) is 5.50. The molecule has 2 N–H and O–H groups in total. The Labute approximate surface area is 137 Å². The van der Waals surface area contributed by atoms with Gasteiger partial charge in [0.15, 0.2) is 4.90 Å². The maximum atomic E-state index is 13.6. The van der Waals surface area contributed by atoms with Crippen molar-refractivity contribution in [3.05, 3.63) is 29.6 Å². The lowest BCUT2D eigenvalue weighted by Crippen LogP contribution is -2.54. The van der Waals surface area contributed by atoms with Gasteiger partial charge in [-0.25, -0.2) is 26.3 Å². The van der Waals surface area contributed by atoms with Crippen LogP contribution in [0.4, 0.5) is 13.2 Å². The Kier molecular flexibility index (Phi) is 5.51. The zero-order valence-corrected chi connectivity index (χ0v) is 13.6.